The lowest BCUT2D eigenvalue weighted by Crippen LogP contribution is -2.44. The van der Waals surface area contributed by atoms with Crippen LogP contribution >= 0.6 is 0 Å². The molecule has 0 aromatic heterocycles. The van der Waals surface area contributed by atoms with E-state index in [2.05, 4.69) is 73.4 Å². The Morgan fingerprint density at radius 1 is 1.26 bits per heavy atom. The number of nitrogens with one attached hydrogen (secondary N) is 1. The Bertz CT molecular complexity index is 386. The molecule has 0 radical (unpaired) electrons. The predicted octanol–water partition coefficient (Wildman–Crippen LogP) is 2.05. The smallest absolute Gasteiger partial charge is 0.0371 e. The summed E-state index contributed by atoms with van der Waals surface area (Å²) in [6, 6.07) is 11.3. The van der Waals surface area contributed by atoms with E-state index in [9.17, 15) is 0 Å². The fourth-order valence-corrected chi connectivity index (χ4v) is 2.79. The first kappa shape index (κ1) is 14.4. The second-order valence-corrected chi connectivity index (χ2v) is 6.72. The summed E-state index contributed by atoms with van der Waals surface area (Å²) in [4.78, 5) is 4.79. The fourth-order valence-electron chi connectivity index (χ4n) is 2.79. The van der Waals surface area contributed by atoms with Gasteiger partial charge in [-0.2, -0.15) is 0 Å². The van der Waals surface area contributed by atoms with Crippen LogP contribution in [-0.4, -0.2) is 51.2 Å². The van der Waals surface area contributed by atoms with Crippen LogP contribution in [-0.2, 0) is 0 Å². The third-order valence-corrected chi connectivity index (χ3v) is 3.64. The van der Waals surface area contributed by atoms with Gasteiger partial charge < -0.3 is 15.1 Å². The van der Waals surface area contributed by atoms with Gasteiger partial charge in [-0.3, -0.25) is 0 Å². The standard InChI is InChI=1S/C16H27N3/c1-16(2)12-17-14(10-18(3)4)11-19(13-16)15-8-6-5-7-9-15/h5-9,14,17H,10-13H2,1-4H3. The van der Waals surface area contributed by atoms with E-state index < -0.39 is 0 Å². The quantitative estimate of drug-likeness (QED) is 0.898. The average molecular weight is 261 g/mol. The molecule has 106 valence electrons. The largest absolute Gasteiger partial charge is 0.369 e. The summed E-state index contributed by atoms with van der Waals surface area (Å²) < 4.78 is 0. The van der Waals surface area contributed by atoms with Crippen molar-refractivity contribution in [3.63, 3.8) is 0 Å². The van der Waals surface area contributed by atoms with Crippen LogP contribution in [0.4, 0.5) is 5.69 Å². The summed E-state index contributed by atoms with van der Waals surface area (Å²) in [5, 5.41) is 3.72. The van der Waals surface area contributed by atoms with Crippen molar-refractivity contribution < 1.29 is 0 Å². The minimum atomic E-state index is 0.302. The summed E-state index contributed by atoms with van der Waals surface area (Å²) in [6.45, 7) is 9.02. The van der Waals surface area contributed by atoms with Gasteiger partial charge in [-0.25, -0.2) is 0 Å². The van der Waals surface area contributed by atoms with E-state index in [4.69, 9.17) is 0 Å². The highest BCUT2D eigenvalue weighted by molar-refractivity contribution is 5.46. The molecule has 1 aromatic rings. The Hall–Kier alpha value is -1.06. The van der Waals surface area contributed by atoms with Gasteiger partial charge in [-0.15, -0.1) is 0 Å². The van der Waals surface area contributed by atoms with Crippen LogP contribution in [0.1, 0.15) is 13.8 Å². The highest BCUT2D eigenvalue weighted by Crippen LogP contribution is 2.24. The average Bonchev–Trinajstić information content (AvgIpc) is 2.49. The fraction of sp³-hybridized carbons (Fsp3) is 0.625. The van der Waals surface area contributed by atoms with Gasteiger partial charge in [0, 0.05) is 37.9 Å². The highest BCUT2D eigenvalue weighted by atomic mass is 15.2. The maximum absolute atomic E-state index is 3.72. The van der Waals surface area contributed by atoms with Crippen molar-refractivity contribution in [3.05, 3.63) is 30.3 Å². The molecule has 1 aromatic carbocycles. The van der Waals surface area contributed by atoms with Gasteiger partial charge in [0.25, 0.3) is 0 Å². The number of benzene rings is 1. The number of likely N-dealkylation sites (N-methyl/N-ethyl adjacent to an activating group) is 1. The Morgan fingerprint density at radius 3 is 2.58 bits per heavy atom. The molecule has 1 unspecified atom stereocenters. The minimum Gasteiger partial charge on any atom is -0.369 e. The highest BCUT2D eigenvalue weighted by Gasteiger charge is 2.28. The minimum absolute atomic E-state index is 0.302. The number of rotatable bonds is 3. The topological polar surface area (TPSA) is 18.5 Å². The number of hydrogen-bond donors (Lipinski definition) is 1. The van der Waals surface area contributed by atoms with Gasteiger partial charge in [-0.05, 0) is 31.6 Å². The summed E-state index contributed by atoms with van der Waals surface area (Å²) in [6.07, 6.45) is 0. The van der Waals surface area contributed by atoms with E-state index in [1.807, 2.05) is 0 Å². The zero-order valence-corrected chi connectivity index (χ0v) is 12.7. The van der Waals surface area contributed by atoms with Crippen molar-refractivity contribution in [2.45, 2.75) is 19.9 Å². The van der Waals surface area contributed by atoms with E-state index in [-0.39, 0.29) is 0 Å². The van der Waals surface area contributed by atoms with Crippen LogP contribution in [0.15, 0.2) is 30.3 Å². The molecule has 1 atom stereocenters. The second kappa shape index (κ2) is 5.93. The molecule has 0 amide bonds. The lowest BCUT2D eigenvalue weighted by atomic mass is 9.93. The third-order valence-electron chi connectivity index (χ3n) is 3.64. The SMILES string of the molecule is CN(C)CC1CN(c2ccccc2)CC(C)(C)CN1. The monoisotopic (exact) mass is 261 g/mol. The first-order valence-corrected chi connectivity index (χ1v) is 7.14. The van der Waals surface area contributed by atoms with Crippen LogP contribution in [0.2, 0.25) is 0 Å². The van der Waals surface area contributed by atoms with E-state index >= 15 is 0 Å². The van der Waals surface area contributed by atoms with E-state index in [1.54, 1.807) is 0 Å². The maximum Gasteiger partial charge on any atom is 0.0371 e. The van der Waals surface area contributed by atoms with Gasteiger partial charge >= 0.3 is 0 Å². The lowest BCUT2D eigenvalue weighted by molar-refractivity contribution is 0.320. The number of nitrogens with zero attached hydrogens (tertiary/aromatic N) is 2. The Labute approximate surface area is 117 Å². The van der Waals surface area contributed by atoms with Gasteiger partial charge in [0.1, 0.15) is 0 Å². The molecule has 0 spiro atoms. The molecular weight excluding hydrogens is 234 g/mol. The molecule has 1 aliphatic rings. The van der Waals surface area contributed by atoms with Gasteiger partial charge in [0.2, 0.25) is 0 Å². The molecule has 2 rings (SSSR count). The van der Waals surface area contributed by atoms with Crippen LogP contribution in [0.5, 0.6) is 0 Å². The first-order valence-electron chi connectivity index (χ1n) is 7.14. The molecule has 3 heteroatoms. The van der Waals surface area contributed by atoms with Gasteiger partial charge in [-0.1, -0.05) is 32.0 Å². The van der Waals surface area contributed by atoms with Crippen LogP contribution in [0.3, 0.4) is 0 Å². The van der Waals surface area contributed by atoms with Crippen LogP contribution in [0, 0.1) is 5.41 Å². The van der Waals surface area contributed by atoms with Crippen molar-refractivity contribution in [3.8, 4) is 0 Å². The normalized spacial score (nSPS) is 23.4. The van der Waals surface area contributed by atoms with Gasteiger partial charge in [0.05, 0.1) is 0 Å². The molecule has 3 nitrogen and oxygen atoms in total. The number of anilines is 1. The van der Waals surface area contributed by atoms with Crippen molar-refractivity contribution in [1.29, 1.82) is 0 Å². The Morgan fingerprint density at radius 2 is 1.95 bits per heavy atom. The summed E-state index contributed by atoms with van der Waals surface area (Å²) >= 11 is 0. The second-order valence-electron chi connectivity index (χ2n) is 6.72. The molecule has 19 heavy (non-hydrogen) atoms. The van der Waals surface area contributed by atoms with E-state index in [0.717, 1.165) is 26.2 Å². The molecule has 1 saturated heterocycles. The Kier molecular flexibility index (Phi) is 4.48. The molecular formula is C16H27N3. The van der Waals surface area contributed by atoms with Crippen LogP contribution < -0.4 is 10.2 Å². The first-order chi connectivity index (χ1) is 8.96. The predicted molar refractivity (Wildman–Crippen MR) is 82.8 cm³/mol. The summed E-state index contributed by atoms with van der Waals surface area (Å²) in [7, 11) is 4.29. The number of hydrogen-bond acceptors (Lipinski definition) is 3. The lowest BCUT2D eigenvalue weighted by Gasteiger charge is -2.31. The van der Waals surface area contributed by atoms with Crippen molar-refractivity contribution >= 4 is 5.69 Å². The van der Waals surface area contributed by atoms with Crippen molar-refractivity contribution in [2.75, 3.05) is 45.2 Å². The van der Waals surface area contributed by atoms with Crippen molar-refractivity contribution in [1.82, 2.24) is 10.2 Å². The molecule has 0 bridgehead atoms. The van der Waals surface area contributed by atoms with Crippen molar-refractivity contribution in [2.24, 2.45) is 5.41 Å². The zero-order chi connectivity index (χ0) is 13.9. The van der Waals surface area contributed by atoms with E-state index in [1.165, 1.54) is 5.69 Å². The molecule has 1 aliphatic heterocycles. The molecule has 1 fully saturated rings. The molecule has 0 aliphatic carbocycles. The zero-order valence-electron chi connectivity index (χ0n) is 12.7. The number of para-hydroxylation sites is 1. The maximum atomic E-state index is 3.72. The summed E-state index contributed by atoms with van der Waals surface area (Å²) in [5.74, 6) is 0. The Balaban J connectivity index is 2.15. The third kappa shape index (κ3) is 4.22. The summed E-state index contributed by atoms with van der Waals surface area (Å²) in [5.41, 5.74) is 1.64. The van der Waals surface area contributed by atoms with Crippen LogP contribution in [0.25, 0.3) is 0 Å². The molecule has 1 N–H and O–H groups in total. The molecule has 1 heterocycles. The van der Waals surface area contributed by atoms with Gasteiger partial charge in [0.15, 0.2) is 0 Å². The molecule has 0 saturated carbocycles. The van der Waals surface area contributed by atoms with E-state index in [0.29, 0.717) is 11.5 Å².